The van der Waals surface area contributed by atoms with Gasteiger partial charge in [-0.25, -0.2) is 0 Å². The molecule has 0 amide bonds. The van der Waals surface area contributed by atoms with Crippen molar-refractivity contribution in [3.05, 3.63) is 105 Å². The number of carboxylic acid groups (broad SMARTS) is 1. The van der Waals surface area contributed by atoms with Crippen LogP contribution in [-0.2, 0) is 17.6 Å². The van der Waals surface area contributed by atoms with Gasteiger partial charge in [0.2, 0.25) is 5.56 Å². The summed E-state index contributed by atoms with van der Waals surface area (Å²) in [5.74, 6) is -0.833. The van der Waals surface area contributed by atoms with Gasteiger partial charge in [0.25, 0.3) is 5.97 Å². The molecule has 4 N–H and O–H groups in total. The number of pyridine rings is 1. The van der Waals surface area contributed by atoms with Crippen LogP contribution in [0.15, 0.2) is 83.2 Å². The van der Waals surface area contributed by atoms with Crippen LogP contribution >= 0.6 is 0 Å². The predicted molar refractivity (Wildman–Crippen MR) is 158 cm³/mol. The van der Waals surface area contributed by atoms with Crippen molar-refractivity contribution >= 4 is 38.9 Å². The minimum Gasteiger partial charge on any atom is -0.481 e. The molecule has 1 heterocycles. The lowest BCUT2D eigenvalue weighted by Crippen LogP contribution is -2.07. The molecule has 2 aliphatic carbocycles. The van der Waals surface area contributed by atoms with Gasteiger partial charge in [0.1, 0.15) is 0 Å². The lowest BCUT2D eigenvalue weighted by Gasteiger charge is -2.26. The minimum atomic E-state index is -0.833. The fourth-order valence-corrected chi connectivity index (χ4v) is 5.32. The Morgan fingerprint density at radius 3 is 2.58 bits per heavy atom. The molecule has 0 bridgehead atoms. The van der Waals surface area contributed by atoms with Gasteiger partial charge < -0.3 is 15.8 Å². The molecule has 6 rings (SSSR count). The van der Waals surface area contributed by atoms with Gasteiger partial charge in [-0.3, -0.25) is 9.59 Å². The van der Waals surface area contributed by atoms with Crippen molar-refractivity contribution in [2.45, 2.75) is 58.8 Å². The zero-order valence-corrected chi connectivity index (χ0v) is 22.2. The van der Waals surface area contributed by atoms with Crippen LogP contribution in [0, 0.1) is 0 Å². The molecule has 0 fully saturated rings. The topological polar surface area (TPSA) is 96.2 Å². The van der Waals surface area contributed by atoms with Crippen LogP contribution in [0.3, 0.4) is 0 Å². The van der Waals surface area contributed by atoms with Gasteiger partial charge in [0.05, 0.1) is 0 Å². The number of benzene rings is 3. The molecule has 0 saturated carbocycles. The van der Waals surface area contributed by atoms with Gasteiger partial charge in [-0.2, -0.15) is 0 Å². The summed E-state index contributed by atoms with van der Waals surface area (Å²) in [5, 5.41) is 11.3. The third-order valence-corrected chi connectivity index (χ3v) is 7.03. The van der Waals surface area contributed by atoms with Gasteiger partial charge in [-0.15, -0.1) is 0 Å². The zero-order chi connectivity index (χ0) is 27.1. The average molecular weight is 509 g/mol. The predicted octanol–water partition coefficient (Wildman–Crippen LogP) is 7.43. The Morgan fingerprint density at radius 2 is 1.79 bits per heavy atom. The standard InChI is InChI=1S/C22H25N.C9H7NO.C2H4O2/c1-2-3-6-16-13-17(23)14-22-19(16)11-12-20-18-8-5-4-7-15(18)9-10-21(20)22;11-9-6-5-7-3-1-2-4-8(7)10-9;1-2(3)4/h5,8,11-14H,2-4,6-7,9-10,23H2,1H3;1-6H,(H,10,11);1H3,(H,3,4). The smallest absolute Gasteiger partial charge is 0.300 e. The number of hydrogen-bond acceptors (Lipinski definition) is 3. The Morgan fingerprint density at radius 1 is 1.00 bits per heavy atom. The maximum absolute atomic E-state index is 10.8. The minimum absolute atomic E-state index is 0.0521. The number of nitrogens with one attached hydrogen (secondary N) is 1. The van der Waals surface area contributed by atoms with Crippen molar-refractivity contribution in [3.8, 4) is 0 Å². The molecule has 3 aromatic carbocycles. The van der Waals surface area contributed by atoms with Crippen LogP contribution < -0.4 is 11.3 Å². The lowest BCUT2D eigenvalue weighted by molar-refractivity contribution is -0.134. The molecule has 4 aromatic rings. The Kier molecular flexibility index (Phi) is 8.80. The van der Waals surface area contributed by atoms with Gasteiger partial charge in [0.15, 0.2) is 0 Å². The first kappa shape index (κ1) is 26.9. The average Bonchev–Trinajstić information content (AvgIpc) is 2.91. The van der Waals surface area contributed by atoms with Gasteiger partial charge >= 0.3 is 0 Å². The summed E-state index contributed by atoms with van der Waals surface area (Å²) in [4.78, 5) is 22.6. The highest BCUT2D eigenvalue weighted by Gasteiger charge is 2.21. The number of aliphatic carboxylic acids is 1. The van der Waals surface area contributed by atoms with Gasteiger partial charge in [-0.05, 0) is 101 Å². The Balaban J connectivity index is 0.000000186. The fraction of sp³-hybridized carbons (Fsp3) is 0.273. The molecule has 0 saturated heterocycles. The Hall–Kier alpha value is -4.12. The van der Waals surface area contributed by atoms with Crippen LogP contribution in [0.1, 0.15) is 62.6 Å². The first-order valence-electron chi connectivity index (χ1n) is 13.4. The van der Waals surface area contributed by atoms with Crippen molar-refractivity contribution < 1.29 is 9.90 Å². The van der Waals surface area contributed by atoms with E-state index in [0.717, 1.165) is 36.4 Å². The number of hydrogen-bond donors (Lipinski definition) is 3. The summed E-state index contributed by atoms with van der Waals surface area (Å²) >= 11 is 0. The number of para-hydroxylation sites is 1. The van der Waals surface area contributed by atoms with Gasteiger partial charge in [-0.1, -0.05) is 61.4 Å². The number of carbonyl (C=O) groups is 1. The summed E-state index contributed by atoms with van der Waals surface area (Å²) in [6.45, 7) is 3.33. The third kappa shape index (κ3) is 6.41. The second-order valence-corrected chi connectivity index (χ2v) is 9.86. The molecular formula is C33H36N2O3. The van der Waals surface area contributed by atoms with Crippen molar-refractivity contribution in [2.75, 3.05) is 5.73 Å². The molecule has 5 nitrogen and oxygen atoms in total. The molecule has 2 aliphatic rings. The molecule has 1 aromatic heterocycles. The van der Waals surface area contributed by atoms with E-state index in [-0.39, 0.29) is 5.56 Å². The number of unbranched alkanes of at least 4 members (excludes halogenated alkanes) is 1. The molecule has 0 unspecified atom stereocenters. The summed E-state index contributed by atoms with van der Waals surface area (Å²) in [7, 11) is 0. The third-order valence-electron chi connectivity index (χ3n) is 7.03. The molecule has 0 radical (unpaired) electrons. The summed E-state index contributed by atoms with van der Waals surface area (Å²) in [6, 6.07) is 20.1. The van der Waals surface area contributed by atoms with E-state index in [2.05, 4.69) is 48.3 Å². The second-order valence-electron chi connectivity index (χ2n) is 9.86. The van der Waals surface area contributed by atoms with Crippen molar-refractivity contribution in [2.24, 2.45) is 0 Å². The van der Waals surface area contributed by atoms with Crippen LogP contribution in [0.4, 0.5) is 5.69 Å². The van der Waals surface area contributed by atoms with Crippen LogP contribution in [0.5, 0.6) is 0 Å². The number of aromatic nitrogens is 1. The van der Waals surface area contributed by atoms with E-state index >= 15 is 0 Å². The lowest BCUT2D eigenvalue weighted by atomic mass is 9.79. The van der Waals surface area contributed by atoms with E-state index in [1.807, 2.05) is 30.3 Å². The second kappa shape index (κ2) is 12.4. The molecule has 196 valence electrons. The quantitative estimate of drug-likeness (QED) is 0.251. The number of aromatic amines is 1. The molecular weight excluding hydrogens is 472 g/mol. The number of rotatable bonds is 3. The van der Waals surface area contributed by atoms with Crippen LogP contribution in [0.25, 0.3) is 27.2 Å². The van der Waals surface area contributed by atoms with E-state index in [1.165, 1.54) is 71.2 Å². The maximum atomic E-state index is 10.8. The summed E-state index contributed by atoms with van der Waals surface area (Å²) < 4.78 is 0. The number of fused-ring (bicyclic) bond motifs is 5. The van der Waals surface area contributed by atoms with E-state index in [9.17, 15) is 4.79 Å². The number of nitrogens with two attached hydrogens (primary N) is 1. The fourth-order valence-electron chi connectivity index (χ4n) is 5.32. The number of allylic oxidation sites excluding steroid dienone is 4. The zero-order valence-electron chi connectivity index (χ0n) is 22.2. The Bertz CT molecular complexity index is 1570. The normalized spacial score (nSPS) is 13.6. The van der Waals surface area contributed by atoms with E-state index in [4.69, 9.17) is 15.6 Å². The number of anilines is 1. The van der Waals surface area contributed by atoms with E-state index < -0.39 is 5.97 Å². The van der Waals surface area contributed by atoms with Crippen molar-refractivity contribution in [3.63, 3.8) is 0 Å². The first-order valence-corrected chi connectivity index (χ1v) is 13.4. The van der Waals surface area contributed by atoms with Crippen molar-refractivity contribution in [1.82, 2.24) is 4.98 Å². The summed E-state index contributed by atoms with van der Waals surface area (Å²) in [5.41, 5.74) is 15.5. The number of carboxylic acids is 1. The maximum Gasteiger partial charge on any atom is 0.300 e. The molecule has 0 aliphatic heterocycles. The highest BCUT2D eigenvalue weighted by atomic mass is 16.4. The molecule has 5 heteroatoms. The largest absolute Gasteiger partial charge is 0.481 e. The molecule has 0 atom stereocenters. The molecule has 38 heavy (non-hydrogen) atoms. The highest BCUT2D eigenvalue weighted by molar-refractivity contribution is 5.97. The summed E-state index contributed by atoms with van der Waals surface area (Å²) in [6.07, 6.45) is 13.1. The van der Waals surface area contributed by atoms with E-state index in [0.29, 0.717) is 0 Å². The highest BCUT2D eigenvalue weighted by Crippen LogP contribution is 2.41. The van der Waals surface area contributed by atoms with Gasteiger partial charge in [0, 0.05) is 24.2 Å². The molecule has 0 spiro atoms. The SMILES string of the molecule is CC(=O)O.CCCCc1cc(N)cc2c3c(ccc12)C1=C(CCC=C1)CC3.O=c1ccc2ccccc2[nH]1. The van der Waals surface area contributed by atoms with Crippen molar-refractivity contribution in [1.29, 1.82) is 0 Å². The monoisotopic (exact) mass is 508 g/mol. The van der Waals surface area contributed by atoms with E-state index in [1.54, 1.807) is 5.57 Å². The first-order chi connectivity index (χ1) is 18.4. The van der Waals surface area contributed by atoms with Crippen LogP contribution in [-0.4, -0.2) is 16.1 Å². The number of aryl methyl sites for hydroxylation is 2. The number of H-pyrrole nitrogens is 1. The Labute approximate surface area is 223 Å². The number of nitrogen functional groups attached to an aromatic ring is 1. The van der Waals surface area contributed by atoms with Crippen LogP contribution in [0.2, 0.25) is 0 Å².